The second-order valence-electron chi connectivity index (χ2n) is 8.48. The molecule has 32 heavy (non-hydrogen) atoms. The number of nitrogens with one attached hydrogen (secondary N) is 2. The van der Waals surface area contributed by atoms with Gasteiger partial charge < -0.3 is 10.2 Å². The maximum atomic E-state index is 12.5. The minimum absolute atomic E-state index is 0.0878. The number of hydrogen-bond acceptors (Lipinski definition) is 5. The number of aromatic nitrogens is 1. The van der Waals surface area contributed by atoms with Crippen LogP contribution in [0.25, 0.3) is 0 Å². The van der Waals surface area contributed by atoms with Crippen molar-refractivity contribution in [3.63, 3.8) is 0 Å². The Kier molecular flexibility index (Phi) is 8.64. The van der Waals surface area contributed by atoms with E-state index in [1.54, 1.807) is 12.1 Å². The molecule has 1 amide bonds. The van der Waals surface area contributed by atoms with Crippen LogP contribution in [-0.4, -0.2) is 44.5 Å². The van der Waals surface area contributed by atoms with Crippen molar-refractivity contribution in [1.29, 1.82) is 0 Å². The molecule has 1 aromatic heterocycles. The molecule has 1 aliphatic rings. The Labute approximate surface area is 191 Å². The van der Waals surface area contributed by atoms with Crippen molar-refractivity contribution in [2.24, 2.45) is 0 Å². The first kappa shape index (κ1) is 24.2. The van der Waals surface area contributed by atoms with E-state index in [4.69, 9.17) is 0 Å². The minimum Gasteiger partial charge on any atom is -0.356 e. The van der Waals surface area contributed by atoms with Crippen LogP contribution in [0, 0.1) is 0 Å². The van der Waals surface area contributed by atoms with Gasteiger partial charge in [0.15, 0.2) is 0 Å². The number of anilines is 1. The summed E-state index contributed by atoms with van der Waals surface area (Å²) in [5.41, 5.74) is 1.17. The fourth-order valence-electron chi connectivity index (χ4n) is 4.00. The van der Waals surface area contributed by atoms with Gasteiger partial charge >= 0.3 is 0 Å². The lowest BCUT2D eigenvalue weighted by Gasteiger charge is -2.33. The van der Waals surface area contributed by atoms with Gasteiger partial charge in [-0.2, -0.15) is 0 Å². The van der Waals surface area contributed by atoms with Gasteiger partial charge in [-0.15, -0.1) is 0 Å². The van der Waals surface area contributed by atoms with Crippen LogP contribution in [-0.2, 0) is 21.2 Å². The van der Waals surface area contributed by atoms with E-state index < -0.39 is 10.0 Å². The number of hydrogen-bond donors (Lipinski definition) is 2. The number of rotatable bonds is 10. The smallest absolute Gasteiger partial charge is 0.242 e. The zero-order valence-electron chi connectivity index (χ0n) is 19.0. The molecule has 0 bridgehead atoms. The number of nitrogens with zero attached hydrogens (tertiary/aromatic N) is 2. The van der Waals surface area contributed by atoms with E-state index in [0.717, 1.165) is 51.0 Å². The molecule has 0 radical (unpaired) electrons. The molecule has 1 unspecified atom stereocenters. The Bertz CT molecular complexity index is 956. The summed E-state index contributed by atoms with van der Waals surface area (Å²) in [5, 5.41) is 3.14. The van der Waals surface area contributed by atoms with Crippen LogP contribution in [0.3, 0.4) is 0 Å². The summed E-state index contributed by atoms with van der Waals surface area (Å²) in [6.07, 6.45) is 6.06. The van der Waals surface area contributed by atoms with E-state index in [-0.39, 0.29) is 22.9 Å². The highest BCUT2D eigenvalue weighted by Crippen LogP contribution is 2.20. The van der Waals surface area contributed by atoms with Crippen LogP contribution in [0.5, 0.6) is 0 Å². The Morgan fingerprint density at radius 1 is 1.16 bits per heavy atom. The monoisotopic (exact) mass is 458 g/mol. The number of benzene rings is 1. The van der Waals surface area contributed by atoms with Crippen molar-refractivity contribution >= 4 is 21.7 Å². The first-order valence-electron chi connectivity index (χ1n) is 11.4. The minimum atomic E-state index is -3.56. The molecule has 3 rings (SSSR count). The normalized spacial score (nSPS) is 16.0. The van der Waals surface area contributed by atoms with Gasteiger partial charge in [0.25, 0.3) is 0 Å². The molecular formula is C24H34N4O3S. The third kappa shape index (κ3) is 7.03. The number of carbonyl (C=O) groups excluding carboxylic acids is 1. The van der Waals surface area contributed by atoms with Gasteiger partial charge in [0.1, 0.15) is 10.7 Å². The lowest BCUT2D eigenvalue weighted by atomic mass is 10.0. The molecule has 2 heterocycles. The van der Waals surface area contributed by atoms with Crippen LogP contribution in [0.4, 0.5) is 5.82 Å². The first-order valence-corrected chi connectivity index (χ1v) is 12.9. The van der Waals surface area contributed by atoms with Crippen molar-refractivity contribution in [2.75, 3.05) is 18.0 Å². The van der Waals surface area contributed by atoms with E-state index in [0.29, 0.717) is 6.42 Å². The van der Waals surface area contributed by atoms with Gasteiger partial charge in [0.05, 0.1) is 0 Å². The maximum Gasteiger partial charge on any atom is 0.242 e. The molecule has 0 aliphatic carbocycles. The highest BCUT2D eigenvalue weighted by molar-refractivity contribution is 7.89. The summed E-state index contributed by atoms with van der Waals surface area (Å²) in [4.78, 5) is 19.0. The second-order valence-corrected chi connectivity index (χ2v) is 10.2. The molecule has 8 heteroatoms. The summed E-state index contributed by atoms with van der Waals surface area (Å²) in [5.74, 6) is 0.851. The summed E-state index contributed by atoms with van der Waals surface area (Å²) in [6.45, 7) is 5.44. The molecule has 1 atom stereocenters. The van der Waals surface area contributed by atoms with Crippen molar-refractivity contribution in [1.82, 2.24) is 15.0 Å². The molecule has 1 fully saturated rings. The van der Waals surface area contributed by atoms with E-state index in [1.807, 2.05) is 44.2 Å². The van der Waals surface area contributed by atoms with Crippen molar-refractivity contribution in [3.05, 3.63) is 54.2 Å². The SMILES string of the molecule is CCCC(C)NS(=O)(=O)c1ccc(N2CCC(NC(=O)CCc3ccccc3)CC2)nc1. The highest BCUT2D eigenvalue weighted by Gasteiger charge is 2.23. The summed E-state index contributed by atoms with van der Waals surface area (Å²) in [7, 11) is -3.56. The average molecular weight is 459 g/mol. The summed E-state index contributed by atoms with van der Waals surface area (Å²) >= 11 is 0. The van der Waals surface area contributed by atoms with Gasteiger partial charge in [0.2, 0.25) is 15.9 Å². The van der Waals surface area contributed by atoms with E-state index in [1.165, 1.54) is 11.8 Å². The number of aryl methyl sites for hydroxylation is 1. The topological polar surface area (TPSA) is 91.4 Å². The van der Waals surface area contributed by atoms with Crippen LogP contribution < -0.4 is 14.9 Å². The predicted molar refractivity (Wildman–Crippen MR) is 127 cm³/mol. The summed E-state index contributed by atoms with van der Waals surface area (Å²) in [6, 6.07) is 13.5. The van der Waals surface area contributed by atoms with Crippen LogP contribution >= 0.6 is 0 Å². The molecule has 1 aromatic carbocycles. The van der Waals surface area contributed by atoms with Crippen LogP contribution in [0.1, 0.15) is 51.5 Å². The Morgan fingerprint density at radius 2 is 1.88 bits per heavy atom. The molecular weight excluding hydrogens is 424 g/mol. The molecule has 174 valence electrons. The summed E-state index contributed by atoms with van der Waals surface area (Å²) < 4.78 is 27.7. The van der Waals surface area contributed by atoms with Crippen LogP contribution in [0.2, 0.25) is 0 Å². The Balaban J connectivity index is 1.46. The average Bonchev–Trinajstić information content (AvgIpc) is 2.79. The number of pyridine rings is 1. The van der Waals surface area contributed by atoms with E-state index >= 15 is 0 Å². The third-order valence-corrected chi connectivity index (χ3v) is 7.35. The maximum absolute atomic E-state index is 12.5. The van der Waals surface area contributed by atoms with Crippen molar-refractivity contribution in [2.45, 2.75) is 69.4 Å². The van der Waals surface area contributed by atoms with Gasteiger partial charge in [-0.25, -0.2) is 18.1 Å². The van der Waals surface area contributed by atoms with E-state index in [9.17, 15) is 13.2 Å². The van der Waals surface area contributed by atoms with Gasteiger partial charge in [-0.3, -0.25) is 4.79 Å². The molecule has 1 saturated heterocycles. The molecule has 1 aliphatic heterocycles. The van der Waals surface area contributed by atoms with Crippen molar-refractivity contribution < 1.29 is 13.2 Å². The number of amides is 1. The quantitative estimate of drug-likeness (QED) is 0.570. The van der Waals surface area contributed by atoms with Gasteiger partial charge in [-0.05, 0) is 50.3 Å². The first-order chi connectivity index (χ1) is 15.4. The third-order valence-electron chi connectivity index (χ3n) is 5.78. The fraction of sp³-hybridized carbons (Fsp3) is 0.500. The Hall–Kier alpha value is -2.45. The zero-order valence-corrected chi connectivity index (χ0v) is 19.8. The van der Waals surface area contributed by atoms with E-state index in [2.05, 4.69) is 19.9 Å². The predicted octanol–water partition coefficient (Wildman–Crippen LogP) is 3.27. The lowest BCUT2D eigenvalue weighted by Crippen LogP contribution is -2.45. The fourth-order valence-corrected chi connectivity index (χ4v) is 5.22. The molecule has 0 spiro atoms. The zero-order chi connectivity index (χ0) is 23.0. The second kappa shape index (κ2) is 11.4. The molecule has 7 nitrogen and oxygen atoms in total. The molecule has 2 aromatic rings. The molecule has 0 saturated carbocycles. The van der Waals surface area contributed by atoms with Crippen molar-refractivity contribution in [3.8, 4) is 0 Å². The highest BCUT2D eigenvalue weighted by atomic mass is 32.2. The number of piperidine rings is 1. The Morgan fingerprint density at radius 3 is 2.50 bits per heavy atom. The van der Waals surface area contributed by atoms with Crippen LogP contribution in [0.15, 0.2) is 53.6 Å². The van der Waals surface area contributed by atoms with Gasteiger partial charge in [0, 0.05) is 37.8 Å². The van der Waals surface area contributed by atoms with Gasteiger partial charge in [-0.1, -0.05) is 43.7 Å². The standard InChI is InChI=1S/C24H34N4O3S/c1-3-7-19(2)27-32(30,31)22-11-12-23(25-18-22)28-16-14-21(15-17-28)26-24(29)13-10-20-8-5-4-6-9-20/h4-6,8-9,11-12,18-19,21,27H,3,7,10,13-17H2,1-2H3,(H,26,29). The molecule has 2 N–H and O–H groups in total. The lowest BCUT2D eigenvalue weighted by molar-refractivity contribution is -0.121. The largest absolute Gasteiger partial charge is 0.356 e. The number of carbonyl (C=O) groups is 1. The number of sulfonamides is 1.